The number of amides is 2. The molecule has 0 spiro atoms. The van der Waals surface area contributed by atoms with E-state index in [-0.39, 0.29) is 30.6 Å². The fourth-order valence-electron chi connectivity index (χ4n) is 3.17. The van der Waals surface area contributed by atoms with E-state index in [1.807, 2.05) is 47.4 Å². The summed E-state index contributed by atoms with van der Waals surface area (Å²) in [6.45, 7) is 2.69. The van der Waals surface area contributed by atoms with Gasteiger partial charge in [-0.25, -0.2) is 4.79 Å². The van der Waals surface area contributed by atoms with Gasteiger partial charge in [-0.3, -0.25) is 14.5 Å². The Balaban J connectivity index is 0.000000502. The van der Waals surface area contributed by atoms with Crippen LogP contribution in [0, 0.1) is 0 Å². The van der Waals surface area contributed by atoms with Gasteiger partial charge in [0.05, 0.1) is 27.3 Å². The Kier molecular flexibility index (Phi) is 13.9. The van der Waals surface area contributed by atoms with Crippen molar-refractivity contribution >= 4 is 29.5 Å². The van der Waals surface area contributed by atoms with Crippen LogP contribution < -0.4 is 15.8 Å². The third-order valence-electron chi connectivity index (χ3n) is 4.81. The zero-order valence-electron chi connectivity index (χ0n) is 20.0. The minimum absolute atomic E-state index is 0.0903. The van der Waals surface area contributed by atoms with Crippen molar-refractivity contribution in [3.05, 3.63) is 41.6 Å². The van der Waals surface area contributed by atoms with Crippen LogP contribution in [0.5, 0.6) is 5.75 Å². The minimum Gasteiger partial charge on any atom is -0.496 e. The Morgan fingerprint density at radius 2 is 1.88 bits per heavy atom. The summed E-state index contributed by atoms with van der Waals surface area (Å²) in [5.74, 6) is 0.657. The molecule has 1 aliphatic rings. The van der Waals surface area contributed by atoms with Crippen molar-refractivity contribution in [3.63, 3.8) is 0 Å². The average molecular weight is 481 g/mol. The lowest BCUT2D eigenvalue weighted by molar-refractivity contribution is -0.138. The van der Waals surface area contributed by atoms with Crippen molar-refractivity contribution < 1.29 is 23.9 Å². The number of esters is 1. The fourth-order valence-corrected chi connectivity index (χ4v) is 3.51. The molecule has 2 rings (SSSR count). The van der Waals surface area contributed by atoms with Gasteiger partial charge in [0.25, 0.3) is 0 Å². The number of nitrogens with two attached hydrogens (primary N) is 1. The molecule has 10 heteroatoms. The van der Waals surface area contributed by atoms with Crippen LogP contribution in [0.4, 0.5) is 0 Å². The van der Waals surface area contributed by atoms with Gasteiger partial charge in [0.2, 0.25) is 11.8 Å². The average Bonchev–Trinajstić information content (AvgIpc) is 3.36. The highest BCUT2D eigenvalue weighted by atomic mass is 32.2. The zero-order chi connectivity index (χ0) is 24.6. The van der Waals surface area contributed by atoms with Crippen molar-refractivity contribution in [1.29, 1.82) is 0 Å². The lowest BCUT2D eigenvalue weighted by Gasteiger charge is -2.18. The van der Waals surface area contributed by atoms with Gasteiger partial charge in [0, 0.05) is 31.0 Å². The molecule has 0 saturated carbocycles. The summed E-state index contributed by atoms with van der Waals surface area (Å²) >= 11 is 1.54. The number of hydrogen-bond acceptors (Lipinski definition) is 8. The molecular formula is C23H36N4O5S. The quantitative estimate of drug-likeness (QED) is 0.380. The normalized spacial score (nSPS) is 13.3. The first-order valence-electron chi connectivity index (χ1n) is 10.7. The number of ether oxygens (including phenoxy) is 2. The highest BCUT2D eigenvalue weighted by molar-refractivity contribution is 7.98. The third kappa shape index (κ3) is 10.7. The highest BCUT2D eigenvalue weighted by Gasteiger charge is 2.16. The van der Waals surface area contributed by atoms with Crippen LogP contribution in [-0.2, 0) is 25.7 Å². The van der Waals surface area contributed by atoms with Crippen molar-refractivity contribution in [2.45, 2.75) is 19.4 Å². The number of likely N-dealkylation sites (N-methyl/N-ethyl adjacent to an activating group) is 1. The van der Waals surface area contributed by atoms with E-state index in [1.54, 1.807) is 24.9 Å². The maximum Gasteiger partial charge on any atom is 0.354 e. The molecule has 184 valence electrons. The monoisotopic (exact) mass is 480 g/mol. The molecule has 1 saturated heterocycles. The molecule has 0 radical (unpaired) electrons. The maximum absolute atomic E-state index is 12.2. The van der Waals surface area contributed by atoms with E-state index in [0.29, 0.717) is 12.3 Å². The van der Waals surface area contributed by atoms with Crippen molar-refractivity contribution in [1.82, 2.24) is 15.1 Å². The standard InChI is InChI=1S/C17H24N2O4S.C6H12N2O/c1-19(11-13-7-5-6-8-15(13)22-2)12-16(20)18-14(9-10-24-4)17(21)23-3;7-5-6(9)8-3-1-2-4-8/h5-9H,10-12H2,1-4H3,(H,18,20);1-5,7H2/b14-9+;. The van der Waals surface area contributed by atoms with E-state index in [2.05, 4.69) is 10.1 Å². The Morgan fingerprint density at radius 1 is 1.21 bits per heavy atom. The van der Waals surface area contributed by atoms with Gasteiger partial charge in [-0.15, -0.1) is 0 Å². The molecule has 1 heterocycles. The molecule has 0 bridgehead atoms. The van der Waals surface area contributed by atoms with E-state index < -0.39 is 5.97 Å². The molecule has 1 aromatic rings. The van der Waals surface area contributed by atoms with Gasteiger partial charge in [-0.1, -0.05) is 18.2 Å². The Labute approximate surface area is 200 Å². The van der Waals surface area contributed by atoms with Crippen molar-refractivity contribution in [2.75, 3.05) is 59.5 Å². The molecule has 0 aromatic heterocycles. The number of likely N-dealkylation sites (tertiary alicyclic amines) is 1. The summed E-state index contributed by atoms with van der Waals surface area (Å²) in [5, 5.41) is 2.61. The van der Waals surface area contributed by atoms with Crippen LogP contribution in [-0.4, -0.2) is 87.0 Å². The Bertz CT molecular complexity index is 797. The number of para-hydroxylation sites is 1. The molecule has 0 unspecified atom stereocenters. The summed E-state index contributed by atoms with van der Waals surface area (Å²) in [4.78, 5) is 38.3. The molecule has 3 N–H and O–H groups in total. The second-order valence-electron chi connectivity index (χ2n) is 7.39. The van der Waals surface area contributed by atoms with Crippen molar-refractivity contribution in [2.24, 2.45) is 5.73 Å². The summed E-state index contributed by atoms with van der Waals surface area (Å²) in [5.41, 5.74) is 6.32. The van der Waals surface area contributed by atoms with Crippen molar-refractivity contribution in [3.8, 4) is 5.75 Å². The van der Waals surface area contributed by atoms with E-state index in [9.17, 15) is 14.4 Å². The molecule has 1 aliphatic heterocycles. The number of benzene rings is 1. The number of methoxy groups -OCH3 is 2. The van der Waals surface area contributed by atoms with E-state index in [0.717, 1.165) is 37.2 Å². The number of nitrogens with one attached hydrogen (secondary N) is 1. The summed E-state index contributed by atoms with van der Waals surface area (Å²) in [7, 11) is 4.73. The lowest BCUT2D eigenvalue weighted by Crippen LogP contribution is -2.36. The SMILES string of the molecule is COC(=O)/C(=C\CSC)NC(=O)CN(C)Cc1ccccc1OC.NCC(=O)N1CCCC1. The van der Waals surface area contributed by atoms with Crippen LogP contribution in [0.3, 0.4) is 0 Å². The first kappa shape index (κ1) is 28.5. The van der Waals surface area contributed by atoms with Crippen LogP contribution in [0.2, 0.25) is 0 Å². The van der Waals surface area contributed by atoms with Gasteiger partial charge in [0.15, 0.2) is 0 Å². The predicted molar refractivity (Wildman–Crippen MR) is 131 cm³/mol. The molecule has 0 atom stereocenters. The highest BCUT2D eigenvalue weighted by Crippen LogP contribution is 2.18. The number of nitrogens with zero attached hydrogens (tertiary/aromatic N) is 2. The molecule has 9 nitrogen and oxygen atoms in total. The second kappa shape index (κ2) is 16.1. The van der Waals surface area contributed by atoms with Gasteiger partial charge in [-0.2, -0.15) is 11.8 Å². The van der Waals surface area contributed by atoms with Gasteiger partial charge in [0.1, 0.15) is 11.4 Å². The molecule has 1 aromatic carbocycles. The van der Waals surface area contributed by atoms with Crippen LogP contribution >= 0.6 is 11.8 Å². The third-order valence-corrected chi connectivity index (χ3v) is 5.31. The maximum atomic E-state index is 12.2. The molecule has 2 amide bonds. The summed E-state index contributed by atoms with van der Waals surface area (Å²) < 4.78 is 9.99. The molecular weight excluding hydrogens is 444 g/mol. The lowest BCUT2D eigenvalue weighted by atomic mass is 10.2. The summed E-state index contributed by atoms with van der Waals surface area (Å²) in [6, 6.07) is 7.65. The molecule has 0 aliphatic carbocycles. The first-order valence-corrected chi connectivity index (χ1v) is 12.1. The molecule has 33 heavy (non-hydrogen) atoms. The Hall–Kier alpha value is -2.56. The minimum atomic E-state index is -0.551. The smallest absolute Gasteiger partial charge is 0.354 e. The number of carbonyl (C=O) groups is 3. The van der Waals surface area contributed by atoms with E-state index >= 15 is 0 Å². The van der Waals surface area contributed by atoms with E-state index in [4.69, 9.17) is 10.5 Å². The van der Waals surface area contributed by atoms with Crippen LogP contribution in [0.15, 0.2) is 36.0 Å². The topological polar surface area (TPSA) is 114 Å². The fraction of sp³-hybridized carbons (Fsp3) is 0.522. The van der Waals surface area contributed by atoms with Gasteiger partial charge >= 0.3 is 5.97 Å². The van der Waals surface area contributed by atoms with Gasteiger partial charge < -0.3 is 25.4 Å². The number of rotatable bonds is 10. The van der Waals surface area contributed by atoms with Gasteiger partial charge in [-0.05, 0) is 38.3 Å². The van der Waals surface area contributed by atoms with E-state index in [1.165, 1.54) is 7.11 Å². The number of thioether (sulfide) groups is 1. The number of hydrogen-bond donors (Lipinski definition) is 2. The largest absolute Gasteiger partial charge is 0.496 e. The molecule has 1 fully saturated rings. The first-order chi connectivity index (χ1) is 15.9. The second-order valence-corrected chi connectivity index (χ2v) is 8.30. The zero-order valence-corrected chi connectivity index (χ0v) is 20.8. The van der Waals surface area contributed by atoms with Crippen LogP contribution in [0.1, 0.15) is 18.4 Å². The Morgan fingerprint density at radius 3 is 2.45 bits per heavy atom. The number of carbonyl (C=O) groups excluding carboxylic acids is 3. The predicted octanol–water partition coefficient (Wildman–Crippen LogP) is 1.23. The van der Waals surface area contributed by atoms with Crippen LogP contribution in [0.25, 0.3) is 0 Å². The summed E-state index contributed by atoms with van der Waals surface area (Å²) in [6.07, 6.45) is 5.85.